The molecule has 29 heavy (non-hydrogen) atoms. The Morgan fingerprint density at radius 3 is 2.55 bits per heavy atom. The van der Waals surface area contributed by atoms with Crippen molar-refractivity contribution in [3.63, 3.8) is 0 Å². The lowest BCUT2D eigenvalue weighted by atomic mass is 9.90. The lowest BCUT2D eigenvalue weighted by molar-refractivity contribution is -0.384. The summed E-state index contributed by atoms with van der Waals surface area (Å²) in [6.45, 7) is 3.05. The summed E-state index contributed by atoms with van der Waals surface area (Å²) >= 11 is 0. The number of rotatable bonds is 7. The number of carbonyl (C=O) groups is 2. The summed E-state index contributed by atoms with van der Waals surface area (Å²) in [5.74, 6) is -0.152. The molecule has 0 aliphatic carbocycles. The number of nitro benzene ring substituents is 1. The lowest BCUT2D eigenvalue weighted by Gasteiger charge is -2.36. The third-order valence-corrected chi connectivity index (χ3v) is 5.05. The molecule has 8 nitrogen and oxygen atoms in total. The van der Waals surface area contributed by atoms with E-state index in [-0.39, 0.29) is 30.0 Å². The van der Waals surface area contributed by atoms with Crippen LogP contribution in [-0.4, -0.2) is 41.3 Å². The molecule has 1 aliphatic heterocycles. The van der Waals surface area contributed by atoms with Gasteiger partial charge < -0.3 is 15.5 Å². The van der Waals surface area contributed by atoms with E-state index in [9.17, 15) is 19.7 Å². The van der Waals surface area contributed by atoms with Gasteiger partial charge in [0.05, 0.1) is 17.4 Å². The molecule has 1 heterocycles. The molecule has 0 saturated heterocycles. The third-order valence-electron chi connectivity index (χ3n) is 5.05. The zero-order chi connectivity index (χ0) is 20.8. The maximum absolute atomic E-state index is 12.5. The topological polar surface area (TPSA) is 105 Å². The molecule has 1 atom stereocenters. The molecule has 1 aliphatic rings. The van der Waals surface area contributed by atoms with Crippen LogP contribution in [-0.2, 0) is 16.0 Å². The first-order valence-corrected chi connectivity index (χ1v) is 9.55. The largest absolute Gasteiger partial charge is 0.383 e. The molecule has 0 saturated carbocycles. The Morgan fingerprint density at radius 1 is 1.14 bits per heavy atom. The number of hydrogen-bond acceptors (Lipinski definition) is 5. The Balaban J connectivity index is 1.52. The van der Waals surface area contributed by atoms with Gasteiger partial charge in [-0.15, -0.1) is 0 Å². The first kappa shape index (κ1) is 20.3. The Morgan fingerprint density at radius 2 is 1.86 bits per heavy atom. The van der Waals surface area contributed by atoms with Crippen molar-refractivity contribution in [3.05, 3.63) is 69.8 Å². The molecule has 0 spiro atoms. The number of carbonyl (C=O) groups excluding carboxylic acids is 2. The van der Waals surface area contributed by atoms with Crippen molar-refractivity contribution >= 4 is 23.2 Å². The summed E-state index contributed by atoms with van der Waals surface area (Å²) in [6.07, 6.45) is 1.02. The van der Waals surface area contributed by atoms with Crippen LogP contribution in [0.4, 0.5) is 11.4 Å². The molecular formula is C21H24N4O4. The number of nitro groups is 1. The maximum Gasteiger partial charge on any atom is 0.269 e. The summed E-state index contributed by atoms with van der Waals surface area (Å²) in [7, 11) is 0. The van der Waals surface area contributed by atoms with E-state index in [4.69, 9.17) is 0 Å². The highest BCUT2D eigenvalue weighted by atomic mass is 16.6. The molecule has 2 N–H and O–H groups in total. The number of benzene rings is 2. The fraction of sp³-hybridized carbons (Fsp3) is 0.333. The highest BCUT2D eigenvalue weighted by Gasteiger charge is 2.30. The van der Waals surface area contributed by atoms with Gasteiger partial charge in [0.1, 0.15) is 0 Å². The number of nitrogens with one attached hydrogen (secondary N) is 2. The number of anilines is 1. The van der Waals surface area contributed by atoms with Crippen molar-refractivity contribution in [1.82, 2.24) is 10.2 Å². The van der Waals surface area contributed by atoms with E-state index in [1.54, 1.807) is 17.0 Å². The summed E-state index contributed by atoms with van der Waals surface area (Å²) in [4.78, 5) is 36.5. The van der Waals surface area contributed by atoms with Crippen LogP contribution in [0, 0.1) is 10.1 Å². The van der Waals surface area contributed by atoms with Crippen molar-refractivity contribution in [2.45, 2.75) is 25.8 Å². The van der Waals surface area contributed by atoms with Gasteiger partial charge in [0.15, 0.2) is 0 Å². The Hall–Kier alpha value is -3.42. The van der Waals surface area contributed by atoms with E-state index in [0.717, 1.165) is 17.7 Å². The normalized spacial score (nSPS) is 15.3. The quantitative estimate of drug-likeness (QED) is 0.425. The Kier molecular flexibility index (Phi) is 6.43. The van der Waals surface area contributed by atoms with Crippen LogP contribution in [0.15, 0.2) is 48.5 Å². The predicted octanol–water partition coefficient (Wildman–Crippen LogP) is 2.66. The minimum absolute atomic E-state index is 0.0304. The zero-order valence-corrected chi connectivity index (χ0v) is 16.3. The first-order valence-electron chi connectivity index (χ1n) is 9.55. The predicted molar refractivity (Wildman–Crippen MR) is 109 cm³/mol. The van der Waals surface area contributed by atoms with Gasteiger partial charge in [0.2, 0.25) is 11.8 Å². The summed E-state index contributed by atoms with van der Waals surface area (Å²) in [5, 5.41) is 16.6. The molecule has 2 aromatic rings. The van der Waals surface area contributed by atoms with Gasteiger partial charge in [-0.3, -0.25) is 19.7 Å². The minimum atomic E-state index is -0.447. The monoisotopic (exact) mass is 396 g/mol. The van der Waals surface area contributed by atoms with Crippen LogP contribution < -0.4 is 10.6 Å². The molecule has 0 radical (unpaired) electrons. The highest BCUT2D eigenvalue weighted by Crippen LogP contribution is 2.32. The SMILES string of the molecule is CC(=O)N1CCc2ccccc2C1CC(=O)NCCNc1ccc([N+](=O)[O-])cc1. The third kappa shape index (κ3) is 5.10. The van der Waals surface area contributed by atoms with Gasteiger partial charge in [-0.2, -0.15) is 0 Å². The van der Waals surface area contributed by atoms with Gasteiger partial charge in [-0.05, 0) is 29.7 Å². The molecular weight excluding hydrogens is 372 g/mol. The highest BCUT2D eigenvalue weighted by molar-refractivity contribution is 5.79. The summed E-state index contributed by atoms with van der Waals surface area (Å²) in [5.41, 5.74) is 3.00. The smallest absolute Gasteiger partial charge is 0.269 e. The molecule has 3 rings (SSSR count). The lowest BCUT2D eigenvalue weighted by Crippen LogP contribution is -2.41. The van der Waals surface area contributed by atoms with Gasteiger partial charge in [0, 0.05) is 44.4 Å². The number of hydrogen-bond donors (Lipinski definition) is 2. The van der Waals surface area contributed by atoms with Crippen LogP contribution in [0.5, 0.6) is 0 Å². The van der Waals surface area contributed by atoms with E-state index >= 15 is 0 Å². The van der Waals surface area contributed by atoms with Crippen molar-refractivity contribution in [2.24, 2.45) is 0 Å². The molecule has 8 heteroatoms. The molecule has 152 valence electrons. The fourth-order valence-corrected chi connectivity index (χ4v) is 3.61. The molecule has 2 amide bonds. The number of fused-ring (bicyclic) bond motifs is 1. The van der Waals surface area contributed by atoms with Crippen molar-refractivity contribution < 1.29 is 14.5 Å². The Labute approximate surface area is 169 Å². The second-order valence-corrected chi connectivity index (χ2v) is 6.96. The first-order chi connectivity index (χ1) is 14.0. The Bertz CT molecular complexity index is 898. The van der Waals surface area contributed by atoms with Crippen LogP contribution in [0.3, 0.4) is 0 Å². The van der Waals surface area contributed by atoms with Crippen LogP contribution >= 0.6 is 0 Å². The number of nitrogens with zero attached hydrogens (tertiary/aromatic N) is 2. The van der Waals surface area contributed by atoms with E-state index in [2.05, 4.69) is 10.6 Å². The fourth-order valence-electron chi connectivity index (χ4n) is 3.61. The molecule has 0 fully saturated rings. The second-order valence-electron chi connectivity index (χ2n) is 6.96. The maximum atomic E-state index is 12.5. The molecule has 0 bridgehead atoms. The second kappa shape index (κ2) is 9.18. The summed E-state index contributed by atoms with van der Waals surface area (Å²) in [6, 6.07) is 13.8. The van der Waals surface area contributed by atoms with Crippen LogP contribution in [0.25, 0.3) is 0 Å². The number of non-ortho nitro benzene ring substituents is 1. The van der Waals surface area contributed by atoms with Gasteiger partial charge in [-0.1, -0.05) is 24.3 Å². The van der Waals surface area contributed by atoms with Gasteiger partial charge in [-0.25, -0.2) is 0 Å². The standard InChI is InChI=1S/C21H24N4O4/c1-15(26)24-13-10-16-4-2-3-5-19(16)20(24)14-21(27)23-12-11-22-17-6-8-18(9-7-17)25(28)29/h2-9,20,22H,10-14H2,1H3,(H,23,27). The van der Waals surface area contributed by atoms with Gasteiger partial charge >= 0.3 is 0 Å². The van der Waals surface area contributed by atoms with E-state index < -0.39 is 4.92 Å². The van der Waals surface area contributed by atoms with Crippen LogP contribution in [0.1, 0.15) is 30.5 Å². The zero-order valence-electron chi connectivity index (χ0n) is 16.3. The molecule has 1 unspecified atom stereocenters. The van der Waals surface area contributed by atoms with Crippen molar-refractivity contribution in [1.29, 1.82) is 0 Å². The summed E-state index contributed by atoms with van der Waals surface area (Å²) < 4.78 is 0. The van der Waals surface area contributed by atoms with E-state index in [1.807, 2.05) is 24.3 Å². The minimum Gasteiger partial charge on any atom is -0.383 e. The van der Waals surface area contributed by atoms with E-state index in [1.165, 1.54) is 24.6 Å². The average Bonchev–Trinajstić information content (AvgIpc) is 2.71. The average molecular weight is 396 g/mol. The van der Waals surface area contributed by atoms with Gasteiger partial charge in [0.25, 0.3) is 5.69 Å². The van der Waals surface area contributed by atoms with E-state index in [0.29, 0.717) is 19.6 Å². The van der Waals surface area contributed by atoms with Crippen molar-refractivity contribution in [2.75, 3.05) is 25.0 Å². The molecule has 0 aromatic heterocycles. The van der Waals surface area contributed by atoms with Crippen molar-refractivity contribution in [3.8, 4) is 0 Å². The molecule has 2 aromatic carbocycles. The number of amides is 2. The van der Waals surface area contributed by atoms with Crippen LogP contribution in [0.2, 0.25) is 0 Å².